The van der Waals surface area contributed by atoms with Crippen LogP contribution in [0.15, 0.2) is 71.2 Å². The first-order chi connectivity index (χ1) is 13.9. The van der Waals surface area contributed by atoms with Crippen LogP contribution in [0.25, 0.3) is 17.4 Å². The number of nitrogens with zero attached hydrogens (tertiary/aromatic N) is 1. The molecule has 6 heteroatoms. The highest BCUT2D eigenvalue weighted by molar-refractivity contribution is 6.33. The number of furan rings is 1. The van der Waals surface area contributed by atoms with Crippen molar-refractivity contribution < 1.29 is 18.7 Å². The molecule has 0 aliphatic rings. The first-order valence-corrected chi connectivity index (χ1v) is 9.32. The first kappa shape index (κ1) is 20.4. The standard InChI is InChI=1S/C23H20ClNO4/c1-25(2)23(27)15-28-18-7-5-6-16(14-18)21(26)12-10-17-11-13-22(29-17)19-8-3-4-9-20(19)24/h3-14H,15H2,1-2H3/b12-10+. The van der Waals surface area contributed by atoms with E-state index in [4.69, 9.17) is 20.8 Å². The van der Waals surface area contributed by atoms with Gasteiger partial charge in [-0.05, 0) is 48.6 Å². The topological polar surface area (TPSA) is 59.8 Å². The molecule has 0 atom stereocenters. The third-order valence-corrected chi connectivity index (χ3v) is 4.47. The molecular weight excluding hydrogens is 390 g/mol. The largest absolute Gasteiger partial charge is 0.484 e. The number of likely N-dealkylation sites (N-methyl/N-ethyl adjacent to an activating group) is 1. The first-order valence-electron chi connectivity index (χ1n) is 8.94. The third kappa shape index (κ3) is 5.36. The lowest BCUT2D eigenvalue weighted by molar-refractivity contribution is -0.130. The van der Waals surface area contributed by atoms with Crippen LogP contribution in [0.1, 0.15) is 16.1 Å². The van der Waals surface area contributed by atoms with Gasteiger partial charge in [-0.25, -0.2) is 0 Å². The minimum Gasteiger partial charge on any atom is -0.484 e. The number of hydrogen-bond donors (Lipinski definition) is 0. The smallest absolute Gasteiger partial charge is 0.259 e. The zero-order valence-corrected chi connectivity index (χ0v) is 16.8. The molecule has 2 aromatic carbocycles. The molecule has 0 aliphatic carbocycles. The zero-order valence-electron chi connectivity index (χ0n) is 16.1. The molecular formula is C23H20ClNO4. The van der Waals surface area contributed by atoms with Crippen LogP contribution >= 0.6 is 11.6 Å². The highest BCUT2D eigenvalue weighted by Gasteiger charge is 2.09. The number of rotatable bonds is 7. The van der Waals surface area contributed by atoms with Gasteiger partial charge in [0, 0.05) is 25.2 Å². The number of allylic oxidation sites excluding steroid dienone is 1. The van der Waals surface area contributed by atoms with Gasteiger partial charge in [0.15, 0.2) is 12.4 Å². The summed E-state index contributed by atoms with van der Waals surface area (Å²) in [5.74, 6) is 1.26. The number of ether oxygens (including phenoxy) is 1. The van der Waals surface area contributed by atoms with E-state index in [1.807, 2.05) is 24.3 Å². The van der Waals surface area contributed by atoms with E-state index in [2.05, 4.69) is 0 Å². The number of amides is 1. The summed E-state index contributed by atoms with van der Waals surface area (Å²) in [7, 11) is 3.31. The molecule has 29 heavy (non-hydrogen) atoms. The third-order valence-electron chi connectivity index (χ3n) is 4.14. The maximum absolute atomic E-state index is 12.5. The lowest BCUT2D eigenvalue weighted by atomic mass is 10.1. The normalized spacial score (nSPS) is 10.9. The monoisotopic (exact) mass is 409 g/mol. The molecule has 0 radical (unpaired) electrons. The molecule has 1 heterocycles. The van der Waals surface area contributed by atoms with Crippen molar-refractivity contribution in [2.75, 3.05) is 20.7 Å². The van der Waals surface area contributed by atoms with Crippen LogP contribution in [-0.4, -0.2) is 37.3 Å². The molecule has 5 nitrogen and oxygen atoms in total. The van der Waals surface area contributed by atoms with Crippen molar-refractivity contribution in [3.8, 4) is 17.1 Å². The molecule has 0 saturated heterocycles. The molecule has 148 valence electrons. The van der Waals surface area contributed by atoms with Gasteiger partial charge in [-0.2, -0.15) is 0 Å². The Morgan fingerprint density at radius 3 is 2.62 bits per heavy atom. The van der Waals surface area contributed by atoms with Crippen LogP contribution in [0.4, 0.5) is 0 Å². The molecule has 0 bridgehead atoms. The van der Waals surface area contributed by atoms with Crippen molar-refractivity contribution in [1.29, 1.82) is 0 Å². The molecule has 0 saturated carbocycles. The van der Waals surface area contributed by atoms with Gasteiger partial charge in [-0.3, -0.25) is 9.59 Å². The van der Waals surface area contributed by atoms with E-state index >= 15 is 0 Å². The van der Waals surface area contributed by atoms with Gasteiger partial charge in [0.25, 0.3) is 5.91 Å². The second-order valence-electron chi connectivity index (χ2n) is 6.48. The van der Waals surface area contributed by atoms with Crippen molar-refractivity contribution >= 4 is 29.4 Å². The van der Waals surface area contributed by atoms with Gasteiger partial charge in [0.2, 0.25) is 0 Å². The fraction of sp³-hybridized carbons (Fsp3) is 0.130. The van der Waals surface area contributed by atoms with E-state index in [0.717, 1.165) is 5.56 Å². The van der Waals surface area contributed by atoms with E-state index in [0.29, 0.717) is 27.9 Å². The van der Waals surface area contributed by atoms with Crippen molar-refractivity contribution in [3.63, 3.8) is 0 Å². The van der Waals surface area contributed by atoms with Crippen molar-refractivity contribution in [1.82, 2.24) is 4.90 Å². The Morgan fingerprint density at radius 1 is 1.07 bits per heavy atom. The lowest BCUT2D eigenvalue weighted by Gasteiger charge is -2.11. The molecule has 1 aromatic heterocycles. The average Bonchev–Trinajstić information content (AvgIpc) is 3.19. The second kappa shape index (κ2) is 9.26. The lowest BCUT2D eigenvalue weighted by Crippen LogP contribution is -2.27. The van der Waals surface area contributed by atoms with Gasteiger partial charge in [-0.15, -0.1) is 0 Å². The molecule has 0 aliphatic heterocycles. The average molecular weight is 410 g/mol. The molecule has 3 aromatic rings. The van der Waals surface area contributed by atoms with E-state index in [-0.39, 0.29) is 18.3 Å². The fourth-order valence-corrected chi connectivity index (χ4v) is 2.74. The summed E-state index contributed by atoms with van der Waals surface area (Å²) < 4.78 is 11.2. The molecule has 3 rings (SSSR count). The van der Waals surface area contributed by atoms with Gasteiger partial charge in [0.1, 0.15) is 17.3 Å². The SMILES string of the molecule is CN(C)C(=O)COc1cccc(C(=O)/C=C/c2ccc(-c3ccccc3Cl)o2)c1. The predicted molar refractivity (Wildman–Crippen MR) is 113 cm³/mol. The van der Waals surface area contributed by atoms with Gasteiger partial charge in [0.05, 0.1) is 5.02 Å². The Labute approximate surface area is 174 Å². The van der Waals surface area contributed by atoms with Crippen LogP contribution in [0, 0.1) is 0 Å². The Hall–Kier alpha value is -3.31. The predicted octanol–water partition coefficient (Wildman–Crippen LogP) is 4.96. The van der Waals surface area contributed by atoms with E-state index < -0.39 is 0 Å². The molecule has 1 amide bonds. The Kier molecular flexibility index (Phi) is 6.52. The summed E-state index contributed by atoms with van der Waals surface area (Å²) in [5.41, 5.74) is 1.24. The van der Waals surface area contributed by atoms with Gasteiger partial charge in [-0.1, -0.05) is 35.9 Å². The summed E-state index contributed by atoms with van der Waals surface area (Å²) in [6.07, 6.45) is 3.03. The van der Waals surface area contributed by atoms with Crippen molar-refractivity contribution in [2.24, 2.45) is 0 Å². The van der Waals surface area contributed by atoms with Crippen molar-refractivity contribution in [2.45, 2.75) is 0 Å². The van der Waals surface area contributed by atoms with Crippen LogP contribution < -0.4 is 4.74 Å². The summed E-state index contributed by atoms with van der Waals surface area (Å²) in [5, 5.41) is 0.595. The maximum Gasteiger partial charge on any atom is 0.259 e. The van der Waals surface area contributed by atoms with E-state index in [9.17, 15) is 9.59 Å². The minimum atomic E-state index is -0.204. The Morgan fingerprint density at radius 2 is 1.86 bits per heavy atom. The Bertz CT molecular complexity index is 1050. The van der Waals surface area contributed by atoms with Crippen LogP contribution in [0.2, 0.25) is 5.02 Å². The maximum atomic E-state index is 12.5. The Balaban J connectivity index is 1.68. The molecule has 0 fully saturated rings. The van der Waals surface area contributed by atoms with E-state index in [1.54, 1.807) is 56.6 Å². The molecule has 0 unspecified atom stereocenters. The van der Waals surface area contributed by atoms with Gasteiger partial charge < -0.3 is 14.1 Å². The van der Waals surface area contributed by atoms with Crippen LogP contribution in [0.5, 0.6) is 5.75 Å². The van der Waals surface area contributed by atoms with Crippen molar-refractivity contribution in [3.05, 3.63) is 83.1 Å². The number of benzene rings is 2. The summed E-state index contributed by atoms with van der Waals surface area (Å²) in [6, 6.07) is 17.7. The number of ketones is 1. The number of hydrogen-bond acceptors (Lipinski definition) is 4. The number of halogens is 1. The highest BCUT2D eigenvalue weighted by Crippen LogP contribution is 2.29. The summed E-state index contributed by atoms with van der Waals surface area (Å²) in [6.45, 7) is -0.0856. The quantitative estimate of drug-likeness (QED) is 0.408. The summed E-state index contributed by atoms with van der Waals surface area (Å²) >= 11 is 6.19. The van der Waals surface area contributed by atoms with Crippen LogP contribution in [-0.2, 0) is 4.79 Å². The molecule has 0 spiro atoms. The summed E-state index contributed by atoms with van der Waals surface area (Å²) in [4.78, 5) is 25.5. The highest BCUT2D eigenvalue weighted by atomic mass is 35.5. The number of carbonyl (C=O) groups excluding carboxylic acids is 2. The number of carbonyl (C=O) groups is 2. The van der Waals surface area contributed by atoms with E-state index in [1.165, 1.54) is 11.0 Å². The zero-order chi connectivity index (χ0) is 20.8. The van der Waals surface area contributed by atoms with Gasteiger partial charge >= 0.3 is 0 Å². The minimum absolute atomic E-state index is 0.0856. The second-order valence-corrected chi connectivity index (χ2v) is 6.89. The fourth-order valence-electron chi connectivity index (χ4n) is 2.52. The van der Waals surface area contributed by atoms with Crippen LogP contribution in [0.3, 0.4) is 0 Å². The molecule has 0 N–H and O–H groups in total.